The fourth-order valence-electron chi connectivity index (χ4n) is 5.59. The molecule has 8 nitrogen and oxygen atoms in total. The largest absolute Gasteiger partial charge is 0.469 e. The number of phosphoric acid groups is 1. The predicted octanol–water partition coefficient (Wildman–Crippen LogP) is 12.2. The van der Waals surface area contributed by atoms with E-state index in [1.54, 1.807) is 0 Å². The lowest BCUT2D eigenvalue weighted by Crippen LogP contribution is -2.29. The van der Waals surface area contributed by atoms with E-state index in [-0.39, 0.29) is 19.4 Å². The van der Waals surface area contributed by atoms with Crippen LogP contribution in [0.15, 0.2) is 36.5 Å². The van der Waals surface area contributed by atoms with Crippen LogP contribution in [0.1, 0.15) is 194 Å². The molecule has 0 radical (unpaired) electrons. The van der Waals surface area contributed by atoms with Gasteiger partial charge in [-0.1, -0.05) is 153 Å². The van der Waals surface area contributed by atoms with Gasteiger partial charge in [-0.3, -0.25) is 14.1 Å². The van der Waals surface area contributed by atoms with Gasteiger partial charge in [-0.2, -0.15) is 0 Å². The zero-order valence-electron chi connectivity index (χ0n) is 32.0. The second-order valence-corrected chi connectivity index (χ2v) is 14.9. The Labute approximate surface area is 306 Å². The first-order valence-corrected chi connectivity index (χ1v) is 21.8. The summed E-state index contributed by atoms with van der Waals surface area (Å²) < 4.78 is 26.3. The summed E-state index contributed by atoms with van der Waals surface area (Å²) in [4.78, 5) is 42.8. The van der Waals surface area contributed by atoms with E-state index in [9.17, 15) is 14.2 Å². The SMILES string of the molecule is CCCCCC/C=C/C=C/CCCCCCCC(=O)OC[C@H](COP(=O)(O)O)OC(=O)CCCCCCCCC/C=C/CCCCCCCC. The molecule has 0 aromatic heterocycles. The monoisotopic (exact) mass is 727 g/mol. The van der Waals surface area contributed by atoms with Crippen molar-refractivity contribution in [1.29, 1.82) is 0 Å². The van der Waals surface area contributed by atoms with E-state index in [1.807, 2.05) is 0 Å². The number of hydrogen-bond donors (Lipinski definition) is 2. The third-order valence-corrected chi connectivity index (χ3v) is 9.14. The van der Waals surface area contributed by atoms with Crippen molar-refractivity contribution in [3.05, 3.63) is 36.5 Å². The number of hydrogen-bond acceptors (Lipinski definition) is 6. The van der Waals surface area contributed by atoms with Crippen LogP contribution in [-0.4, -0.2) is 41.0 Å². The maximum atomic E-state index is 12.4. The van der Waals surface area contributed by atoms with Crippen molar-refractivity contribution in [3.63, 3.8) is 0 Å². The lowest BCUT2D eigenvalue weighted by atomic mass is 10.1. The summed E-state index contributed by atoms with van der Waals surface area (Å²) in [5, 5.41) is 0. The standard InChI is InChI=1S/C41H75O8P/c1-3-5-7-9-11-13-15-17-19-20-22-24-26-28-30-32-34-36-41(43)49-39(38-48-50(44,45)46)37-47-40(42)35-33-31-29-27-25-23-21-18-16-14-12-10-8-6-4-2/h14,16-19,21,39H,3-13,15,20,22-38H2,1-2H3,(H2,44,45,46)/b16-14+,19-17+,21-18+/t39-/m1/s1. The van der Waals surface area contributed by atoms with Gasteiger partial charge >= 0.3 is 19.8 Å². The molecule has 0 heterocycles. The molecule has 0 aliphatic heterocycles. The Hall–Kier alpha value is -1.73. The van der Waals surface area contributed by atoms with Crippen LogP contribution in [0.5, 0.6) is 0 Å². The molecule has 0 saturated heterocycles. The second-order valence-electron chi connectivity index (χ2n) is 13.6. The number of carbonyl (C=O) groups is 2. The number of phosphoric ester groups is 1. The Morgan fingerprint density at radius 3 is 1.36 bits per heavy atom. The Morgan fingerprint density at radius 1 is 0.520 bits per heavy atom. The molecule has 9 heteroatoms. The number of esters is 2. The Balaban J connectivity index is 3.96. The first kappa shape index (κ1) is 48.3. The topological polar surface area (TPSA) is 119 Å². The van der Waals surface area contributed by atoms with Gasteiger partial charge in [-0.15, -0.1) is 0 Å². The van der Waals surface area contributed by atoms with Gasteiger partial charge in [-0.25, -0.2) is 4.57 Å². The zero-order valence-corrected chi connectivity index (χ0v) is 32.9. The second kappa shape index (κ2) is 37.0. The van der Waals surface area contributed by atoms with Gasteiger partial charge in [0, 0.05) is 12.8 Å². The molecule has 0 spiro atoms. The molecule has 0 unspecified atom stereocenters. The number of carbonyl (C=O) groups excluding carboxylic acids is 2. The van der Waals surface area contributed by atoms with Gasteiger partial charge < -0.3 is 19.3 Å². The summed E-state index contributed by atoms with van der Waals surface area (Å²) >= 11 is 0. The molecule has 0 bridgehead atoms. The summed E-state index contributed by atoms with van der Waals surface area (Å²) in [5.74, 6) is -0.905. The molecule has 292 valence electrons. The van der Waals surface area contributed by atoms with Crippen LogP contribution in [-0.2, 0) is 28.2 Å². The molecule has 0 aromatic rings. The van der Waals surface area contributed by atoms with Crippen LogP contribution in [0.2, 0.25) is 0 Å². The van der Waals surface area contributed by atoms with Crippen LogP contribution in [0, 0.1) is 0 Å². The van der Waals surface area contributed by atoms with Gasteiger partial charge in [0.25, 0.3) is 0 Å². The van der Waals surface area contributed by atoms with Crippen LogP contribution >= 0.6 is 7.82 Å². The van der Waals surface area contributed by atoms with Crippen molar-refractivity contribution in [2.45, 2.75) is 200 Å². The molecule has 0 rings (SSSR count). The minimum atomic E-state index is -4.76. The van der Waals surface area contributed by atoms with Crippen LogP contribution in [0.4, 0.5) is 0 Å². The van der Waals surface area contributed by atoms with Crippen LogP contribution < -0.4 is 0 Å². The predicted molar refractivity (Wildman–Crippen MR) is 207 cm³/mol. The van der Waals surface area contributed by atoms with Crippen LogP contribution in [0.3, 0.4) is 0 Å². The highest BCUT2D eigenvalue weighted by atomic mass is 31.2. The van der Waals surface area contributed by atoms with Crippen molar-refractivity contribution in [2.75, 3.05) is 13.2 Å². The van der Waals surface area contributed by atoms with Crippen molar-refractivity contribution in [1.82, 2.24) is 0 Å². The normalized spacial score (nSPS) is 12.8. The van der Waals surface area contributed by atoms with Gasteiger partial charge in [0.1, 0.15) is 6.61 Å². The average Bonchev–Trinajstić information content (AvgIpc) is 3.08. The number of ether oxygens (including phenoxy) is 2. The van der Waals surface area contributed by atoms with Gasteiger partial charge in [0.05, 0.1) is 6.61 Å². The van der Waals surface area contributed by atoms with E-state index in [0.717, 1.165) is 64.2 Å². The smallest absolute Gasteiger partial charge is 0.462 e. The third-order valence-electron chi connectivity index (χ3n) is 8.66. The maximum absolute atomic E-state index is 12.4. The van der Waals surface area contributed by atoms with E-state index in [1.165, 1.54) is 89.9 Å². The summed E-state index contributed by atoms with van der Waals surface area (Å²) in [7, 11) is -4.76. The van der Waals surface area contributed by atoms with Gasteiger partial charge in [-0.05, 0) is 64.2 Å². The van der Waals surface area contributed by atoms with E-state index in [2.05, 4.69) is 54.8 Å². The fraction of sp³-hybridized carbons (Fsp3) is 0.805. The summed E-state index contributed by atoms with van der Waals surface area (Å²) in [6.07, 6.45) is 42.9. The molecular weight excluding hydrogens is 651 g/mol. The summed E-state index contributed by atoms with van der Waals surface area (Å²) in [5.41, 5.74) is 0. The Bertz CT molecular complexity index is 910. The van der Waals surface area contributed by atoms with E-state index in [0.29, 0.717) is 12.8 Å². The van der Waals surface area contributed by atoms with Crippen molar-refractivity contribution < 1.29 is 37.9 Å². The average molecular weight is 727 g/mol. The molecule has 0 amide bonds. The first-order chi connectivity index (χ1) is 24.3. The van der Waals surface area contributed by atoms with Crippen LogP contribution in [0.25, 0.3) is 0 Å². The Morgan fingerprint density at radius 2 is 0.900 bits per heavy atom. The molecule has 0 saturated carbocycles. The zero-order chi connectivity index (χ0) is 36.8. The highest BCUT2D eigenvalue weighted by Crippen LogP contribution is 2.36. The Kier molecular flexibility index (Phi) is 35.8. The van der Waals surface area contributed by atoms with Gasteiger partial charge in [0.15, 0.2) is 6.10 Å². The van der Waals surface area contributed by atoms with Crippen molar-refractivity contribution in [2.24, 2.45) is 0 Å². The minimum Gasteiger partial charge on any atom is -0.462 e. The number of unbranched alkanes of at least 4 members (excludes halogenated alkanes) is 22. The summed E-state index contributed by atoms with van der Waals surface area (Å²) in [6, 6.07) is 0. The van der Waals surface area contributed by atoms with Gasteiger partial charge in [0.2, 0.25) is 0 Å². The molecular formula is C41H75O8P. The molecule has 1 atom stereocenters. The molecule has 2 N–H and O–H groups in total. The van der Waals surface area contributed by atoms with E-state index >= 15 is 0 Å². The maximum Gasteiger partial charge on any atom is 0.469 e. The quantitative estimate of drug-likeness (QED) is 0.0213. The minimum absolute atomic E-state index is 0.204. The lowest BCUT2D eigenvalue weighted by molar-refractivity contribution is -0.161. The highest BCUT2D eigenvalue weighted by molar-refractivity contribution is 7.46. The molecule has 0 aliphatic carbocycles. The highest BCUT2D eigenvalue weighted by Gasteiger charge is 2.22. The molecule has 0 aromatic carbocycles. The first-order valence-electron chi connectivity index (χ1n) is 20.3. The molecule has 50 heavy (non-hydrogen) atoms. The van der Waals surface area contributed by atoms with E-state index in [4.69, 9.17) is 19.3 Å². The van der Waals surface area contributed by atoms with E-state index < -0.39 is 32.5 Å². The van der Waals surface area contributed by atoms with Crippen molar-refractivity contribution in [3.8, 4) is 0 Å². The molecule has 0 fully saturated rings. The number of allylic oxidation sites excluding steroid dienone is 6. The summed E-state index contributed by atoms with van der Waals surface area (Å²) in [6.45, 7) is 3.64. The lowest BCUT2D eigenvalue weighted by Gasteiger charge is -2.18. The third kappa shape index (κ3) is 39.1. The number of rotatable bonds is 37. The fourth-order valence-corrected chi connectivity index (χ4v) is 5.95. The molecule has 0 aliphatic rings. The van der Waals surface area contributed by atoms with Crippen molar-refractivity contribution >= 4 is 19.8 Å².